The fraction of sp³-hybridized carbons (Fsp3) is 0.250. The Labute approximate surface area is 276 Å². The highest BCUT2D eigenvalue weighted by Crippen LogP contribution is 2.43. The molecule has 0 unspecified atom stereocenters. The third-order valence-corrected chi connectivity index (χ3v) is 8.91. The van der Waals surface area contributed by atoms with Crippen molar-refractivity contribution in [3.05, 3.63) is 114 Å². The molecule has 0 bridgehead atoms. The second-order valence-corrected chi connectivity index (χ2v) is 12.2. The minimum Gasteiger partial charge on any atom is -0.496 e. The Morgan fingerprint density at radius 3 is 2.44 bits per heavy atom. The molecule has 0 N–H and O–H groups in total. The first-order valence-corrected chi connectivity index (χ1v) is 15.9. The summed E-state index contributed by atoms with van der Waals surface area (Å²) in [4.78, 5) is 18.8. The second-order valence-electron chi connectivity index (χ2n) is 11.0. The molecule has 1 heterocycles. The van der Waals surface area contributed by atoms with Crippen LogP contribution in [0.3, 0.4) is 0 Å². The fourth-order valence-corrected chi connectivity index (χ4v) is 5.68. The molecule has 232 valence electrons. The molecule has 0 atom stereocenters. The third kappa shape index (κ3) is 6.77. The van der Waals surface area contributed by atoms with Crippen molar-refractivity contribution in [2.45, 2.75) is 47.1 Å². The van der Waals surface area contributed by atoms with E-state index >= 15 is 0 Å². The van der Waals surface area contributed by atoms with Gasteiger partial charge in [-0.05, 0) is 89.6 Å². The standard InChI is InChI=1S/C36H35BrClN3O4/c1-7-44-31-17-25(32(37)33(38)34(31)45-20-24-14-12-22(4)13-15-24)19-39-41-35(40-29-11-9-8-10-26(29)36(41)42)28-18-27(21(2)3)30(43-6)16-23(28)5/h8-19,21H,7,20H2,1-6H3. The lowest BCUT2D eigenvalue weighted by molar-refractivity contribution is 0.269. The van der Waals surface area contributed by atoms with E-state index < -0.39 is 0 Å². The first kappa shape index (κ1) is 32.3. The van der Waals surface area contributed by atoms with E-state index in [0.29, 0.717) is 56.5 Å². The van der Waals surface area contributed by atoms with Crippen LogP contribution in [-0.4, -0.2) is 29.6 Å². The van der Waals surface area contributed by atoms with Crippen molar-refractivity contribution in [2.75, 3.05) is 13.7 Å². The molecule has 7 nitrogen and oxygen atoms in total. The largest absolute Gasteiger partial charge is 0.496 e. The highest BCUT2D eigenvalue weighted by Gasteiger charge is 2.20. The summed E-state index contributed by atoms with van der Waals surface area (Å²) >= 11 is 10.5. The van der Waals surface area contributed by atoms with E-state index in [1.165, 1.54) is 10.2 Å². The molecule has 1 aromatic heterocycles. The number of benzene rings is 4. The Hall–Kier alpha value is -4.14. The number of fused-ring (bicyclic) bond motifs is 1. The maximum atomic E-state index is 13.9. The SMILES string of the molecule is CCOc1cc(C=Nn2c(-c3cc(C(C)C)c(OC)cc3C)nc3ccccc3c2=O)c(Br)c(Cl)c1OCc1ccc(C)cc1. The summed E-state index contributed by atoms with van der Waals surface area (Å²) in [5.41, 5.74) is 5.77. The van der Waals surface area contributed by atoms with Crippen LogP contribution in [0.25, 0.3) is 22.3 Å². The van der Waals surface area contributed by atoms with Crippen molar-refractivity contribution >= 4 is 44.6 Å². The number of ether oxygens (including phenoxy) is 3. The van der Waals surface area contributed by atoms with E-state index in [-0.39, 0.29) is 11.5 Å². The van der Waals surface area contributed by atoms with Crippen molar-refractivity contribution in [2.24, 2.45) is 5.10 Å². The number of hydrogen-bond donors (Lipinski definition) is 0. The van der Waals surface area contributed by atoms with Crippen LogP contribution in [0.1, 0.15) is 54.5 Å². The lowest BCUT2D eigenvalue weighted by atomic mass is 9.96. The summed E-state index contributed by atoms with van der Waals surface area (Å²) in [6.45, 7) is 10.8. The molecule has 4 aromatic carbocycles. The van der Waals surface area contributed by atoms with Crippen LogP contribution in [0.5, 0.6) is 17.2 Å². The van der Waals surface area contributed by atoms with Gasteiger partial charge in [-0.3, -0.25) is 4.79 Å². The van der Waals surface area contributed by atoms with Crippen molar-refractivity contribution in [3.8, 4) is 28.6 Å². The Morgan fingerprint density at radius 2 is 1.76 bits per heavy atom. The van der Waals surface area contributed by atoms with Gasteiger partial charge in [0.25, 0.3) is 5.56 Å². The van der Waals surface area contributed by atoms with E-state index in [1.807, 2.05) is 75.4 Å². The molecule has 5 aromatic rings. The fourth-order valence-electron chi connectivity index (χ4n) is 5.03. The number of para-hydroxylation sites is 1. The maximum absolute atomic E-state index is 13.9. The van der Waals surface area contributed by atoms with Gasteiger partial charge in [-0.25, -0.2) is 4.98 Å². The van der Waals surface area contributed by atoms with Crippen molar-refractivity contribution < 1.29 is 14.2 Å². The third-order valence-electron chi connectivity index (χ3n) is 7.47. The monoisotopic (exact) mass is 687 g/mol. The summed E-state index contributed by atoms with van der Waals surface area (Å²) in [7, 11) is 1.66. The van der Waals surface area contributed by atoms with Crippen LogP contribution in [0.4, 0.5) is 0 Å². The molecular formula is C36H35BrClN3O4. The molecule has 0 amide bonds. The minimum atomic E-state index is -0.293. The van der Waals surface area contributed by atoms with Crippen LogP contribution in [0.15, 0.2) is 81.1 Å². The van der Waals surface area contributed by atoms with E-state index in [1.54, 1.807) is 25.5 Å². The predicted octanol–water partition coefficient (Wildman–Crippen LogP) is 9.09. The molecule has 9 heteroatoms. The zero-order valence-electron chi connectivity index (χ0n) is 26.2. The van der Waals surface area contributed by atoms with E-state index in [9.17, 15) is 4.79 Å². The van der Waals surface area contributed by atoms with Crippen molar-refractivity contribution in [1.82, 2.24) is 9.66 Å². The number of methoxy groups -OCH3 is 1. The Balaban J connectivity index is 1.63. The molecule has 45 heavy (non-hydrogen) atoms. The molecule has 0 fully saturated rings. The van der Waals surface area contributed by atoms with E-state index in [4.69, 9.17) is 35.9 Å². The highest BCUT2D eigenvalue weighted by atomic mass is 79.9. The molecule has 0 aliphatic carbocycles. The van der Waals surface area contributed by atoms with Gasteiger partial charge < -0.3 is 14.2 Å². The van der Waals surface area contributed by atoms with Crippen LogP contribution in [-0.2, 0) is 6.61 Å². The molecular weight excluding hydrogens is 654 g/mol. The Morgan fingerprint density at radius 1 is 1.02 bits per heavy atom. The van der Waals surface area contributed by atoms with Gasteiger partial charge in [0.1, 0.15) is 17.4 Å². The molecule has 0 radical (unpaired) electrons. The van der Waals surface area contributed by atoms with Gasteiger partial charge in [0.15, 0.2) is 17.3 Å². The summed E-state index contributed by atoms with van der Waals surface area (Å²) < 4.78 is 19.6. The van der Waals surface area contributed by atoms with Gasteiger partial charge in [-0.15, -0.1) is 0 Å². The molecule has 0 spiro atoms. The Kier molecular flexibility index (Phi) is 9.95. The lowest BCUT2D eigenvalue weighted by Crippen LogP contribution is -2.21. The van der Waals surface area contributed by atoms with Crippen LogP contribution in [0, 0.1) is 13.8 Å². The smallest absolute Gasteiger partial charge is 0.282 e. The summed E-state index contributed by atoms with van der Waals surface area (Å²) in [5.74, 6) is 2.28. The average molecular weight is 689 g/mol. The normalized spacial score (nSPS) is 11.5. The zero-order chi connectivity index (χ0) is 32.2. The topological polar surface area (TPSA) is 74.9 Å². The average Bonchev–Trinajstić information content (AvgIpc) is 3.03. The van der Waals surface area contributed by atoms with E-state index in [0.717, 1.165) is 28.0 Å². The quantitative estimate of drug-likeness (QED) is 0.137. The van der Waals surface area contributed by atoms with Gasteiger partial charge in [0.05, 0.1) is 30.8 Å². The zero-order valence-corrected chi connectivity index (χ0v) is 28.5. The summed E-state index contributed by atoms with van der Waals surface area (Å²) in [5, 5.41) is 5.49. The first-order valence-electron chi connectivity index (χ1n) is 14.7. The van der Waals surface area contributed by atoms with Crippen LogP contribution >= 0.6 is 27.5 Å². The molecule has 0 saturated heterocycles. The molecule has 0 saturated carbocycles. The van der Waals surface area contributed by atoms with Gasteiger partial charge in [-0.2, -0.15) is 9.78 Å². The second kappa shape index (κ2) is 13.9. The number of nitrogens with zero attached hydrogens (tertiary/aromatic N) is 3. The molecule has 0 aliphatic heterocycles. The number of aromatic nitrogens is 2. The van der Waals surface area contributed by atoms with E-state index in [2.05, 4.69) is 29.8 Å². The minimum absolute atomic E-state index is 0.185. The van der Waals surface area contributed by atoms with Gasteiger partial charge in [0, 0.05) is 15.6 Å². The predicted molar refractivity (Wildman–Crippen MR) is 186 cm³/mol. The van der Waals surface area contributed by atoms with Gasteiger partial charge >= 0.3 is 0 Å². The number of hydrogen-bond acceptors (Lipinski definition) is 6. The maximum Gasteiger partial charge on any atom is 0.282 e. The van der Waals surface area contributed by atoms with Crippen LogP contribution in [0.2, 0.25) is 5.02 Å². The Bertz CT molecular complexity index is 1950. The van der Waals surface area contributed by atoms with Crippen LogP contribution < -0.4 is 19.8 Å². The highest BCUT2D eigenvalue weighted by molar-refractivity contribution is 9.10. The number of halogens is 2. The van der Waals surface area contributed by atoms with Gasteiger partial charge in [0.2, 0.25) is 0 Å². The molecule has 0 aliphatic rings. The molecule has 5 rings (SSSR count). The van der Waals surface area contributed by atoms with Crippen molar-refractivity contribution in [1.29, 1.82) is 0 Å². The lowest BCUT2D eigenvalue weighted by Gasteiger charge is -2.18. The summed E-state index contributed by atoms with van der Waals surface area (Å²) in [6.07, 6.45) is 1.58. The number of rotatable bonds is 10. The van der Waals surface area contributed by atoms with Crippen molar-refractivity contribution in [3.63, 3.8) is 0 Å². The van der Waals surface area contributed by atoms with Gasteiger partial charge in [-0.1, -0.05) is 67.4 Å². The first-order chi connectivity index (χ1) is 21.6. The number of aryl methyl sites for hydroxylation is 2. The summed E-state index contributed by atoms with van der Waals surface area (Å²) in [6, 6.07) is 21.2.